The minimum absolute atomic E-state index is 0.0373. The van der Waals surface area contributed by atoms with Gasteiger partial charge in [0.2, 0.25) is 0 Å². The number of rotatable bonds is 5. The van der Waals surface area contributed by atoms with Gasteiger partial charge >= 0.3 is 12.0 Å². The van der Waals surface area contributed by atoms with Crippen LogP contribution in [0.5, 0.6) is 0 Å². The number of sulfone groups is 1. The van der Waals surface area contributed by atoms with Gasteiger partial charge in [-0.1, -0.05) is 0 Å². The first kappa shape index (κ1) is 14.7. The number of hydrogen-bond acceptors (Lipinski definition) is 5. The maximum absolute atomic E-state index is 11.3. The van der Waals surface area contributed by atoms with Crippen LogP contribution in [0.2, 0.25) is 0 Å². The van der Waals surface area contributed by atoms with Crippen molar-refractivity contribution in [1.82, 2.24) is 10.6 Å². The first-order valence-electron chi connectivity index (χ1n) is 5.42. The highest BCUT2D eigenvalue weighted by molar-refractivity contribution is 7.91. The van der Waals surface area contributed by atoms with Gasteiger partial charge in [-0.3, -0.25) is 0 Å². The summed E-state index contributed by atoms with van der Waals surface area (Å²) in [5.74, 6) is -1.32. The van der Waals surface area contributed by atoms with Gasteiger partial charge in [0, 0.05) is 6.54 Å². The third-order valence-electron chi connectivity index (χ3n) is 2.66. The summed E-state index contributed by atoms with van der Waals surface area (Å²) >= 11 is 0. The Labute approximate surface area is 104 Å². The fraction of sp³-hybridized carbons (Fsp3) is 0.778. The van der Waals surface area contributed by atoms with E-state index in [0.717, 1.165) is 0 Å². The lowest BCUT2D eigenvalue weighted by atomic mass is 10.1. The third-order valence-corrected chi connectivity index (χ3v) is 4.50. The van der Waals surface area contributed by atoms with E-state index in [9.17, 15) is 18.0 Å². The Hall–Kier alpha value is -1.35. The van der Waals surface area contributed by atoms with Crippen molar-refractivity contribution in [2.45, 2.75) is 12.5 Å². The molecular weight excluding hydrogens is 264 g/mol. The second kappa shape index (κ2) is 6.01. The van der Waals surface area contributed by atoms with Crippen molar-refractivity contribution in [2.75, 3.05) is 24.7 Å². The zero-order valence-electron chi connectivity index (χ0n) is 9.63. The number of carbonyl (C=O) groups is 2. The lowest BCUT2D eigenvalue weighted by molar-refractivity contribution is -0.140. The lowest BCUT2D eigenvalue weighted by Crippen LogP contribution is -2.48. The van der Waals surface area contributed by atoms with Crippen molar-refractivity contribution in [3.05, 3.63) is 0 Å². The molecule has 8 nitrogen and oxygen atoms in total. The maximum Gasteiger partial charge on any atom is 0.328 e. The molecule has 1 unspecified atom stereocenters. The Morgan fingerprint density at radius 2 is 2.06 bits per heavy atom. The average molecular weight is 280 g/mol. The molecule has 1 aliphatic rings. The summed E-state index contributed by atoms with van der Waals surface area (Å²) in [6.07, 6.45) is 0.491. The molecule has 1 aliphatic heterocycles. The zero-order valence-corrected chi connectivity index (χ0v) is 10.4. The van der Waals surface area contributed by atoms with Crippen molar-refractivity contribution in [2.24, 2.45) is 5.92 Å². The van der Waals surface area contributed by atoms with Crippen LogP contribution in [0.25, 0.3) is 0 Å². The number of amides is 2. The summed E-state index contributed by atoms with van der Waals surface area (Å²) < 4.78 is 22.3. The Kier molecular flexibility index (Phi) is 4.91. The molecule has 0 bridgehead atoms. The van der Waals surface area contributed by atoms with E-state index in [4.69, 9.17) is 10.2 Å². The van der Waals surface area contributed by atoms with Crippen molar-refractivity contribution in [3.8, 4) is 0 Å². The number of aliphatic carboxylic acids is 1. The van der Waals surface area contributed by atoms with E-state index >= 15 is 0 Å². The summed E-state index contributed by atoms with van der Waals surface area (Å²) in [7, 11) is -2.99. The molecule has 2 amide bonds. The smallest absolute Gasteiger partial charge is 0.328 e. The number of aliphatic hydroxyl groups excluding tert-OH is 1. The summed E-state index contributed by atoms with van der Waals surface area (Å²) in [6.45, 7) is -0.538. The van der Waals surface area contributed by atoms with Gasteiger partial charge in [-0.25, -0.2) is 18.0 Å². The van der Waals surface area contributed by atoms with Gasteiger partial charge in [-0.05, 0) is 12.3 Å². The Balaban J connectivity index is 2.32. The van der Waals surface area contributed by atoms with E-state index in [0.29, 0.717) is 6.42 Å². The highest BCUT2D eigenvalue weighted by atomic mass is 32.2. The Morgan fingerprint density at radius 1 is 1.39 bits per heavy atom. The van der Waals surface area contributed by atoms with Crippen molar-refractivity contribution >= 4 is 21.8 Å². The summed E-state index contributed by atoms with van der Waals surface area (Å²) in [6, 6.07) is -2.10. The Bertz CT molecular complexity index is 421. The minimum atomic E-state index is -2.99. The molecule has 1 heterocycles. The van der Waals surface area contributed by atoms with Crippen LogP contribution in [0, 0.1) is 5.92 Å². The first-order chi connectivity index (χ1) is 8.34. The number of carboxylic acids is 1. The predicted octanol–water partition coefficient (Wildman–Crippen LogP) is -1.83. The zero-order chi connectivity index (χ0) is 13.8. The molecule has 2 atom stereocenters. The van der Waals surface area contributed by atoms with Crippen LogP contribution in [-0.2, 0) is 14.6 Å². The monoisotopic (exact) mass is 280 g/mol. The van der Waals surface area contributed by atoms with Crippen LogP contribution in [0.3, 0.4) is 0 Å². The molecule has 18 heavy (non-hydrogen) atoms. The van der Waals surface area contributed by atoms with Crippen LogP contribution in [0.1, 0.15) is 6.42 Å². The molecule has 9 heteroatoms. The summed E-state index contributed by atoms with van der Waals surface area (Å²) in [4.78, 5) is 21.8. The highest BCUT2D eigenvalue weighted by Gasteiger charge is 2.28. The fourth-order valence-electron chi connectivity index (χ4n) is 1.66. The molecule has 0 aromatic rings. The number of nitrogens with one attached hydrogen (secondary N) is 2. The van der Waals surface area contributed by atoms with Gasteiger partial charge in [-0.15, -0.1) is 0 Å². The number of carboxylic acid groups (broad SMARTS) is 1. The largest absolute Gasteiger partial charge is 0.480 e. The predicted molar refractivity (Wildman–Crippen MR) is 61.8 cm³/mol. The van der Waals surface area contributed by atoms with Crippen LogP contribution in [-0.4, -0.2) is 61.3 Å². The second-order valence-electron chi connectivity index (χ2n) is 4.20. The van der Waals surface area contributed by atoms with E-state index in [1.54, 1.807) is 0 Å². The summed E-state index contributed by atoms with van der Waals surface area (Å²) in [5.41, 5.74) is 0. The van der Waals surface area contributed by atoms with Crippen molar-refractivity contribution < 1.29 is 28.2 Å². The average Bonchev–Trinajstić information content (AvgIpc) is 2.62. The summed E-state index contributed by atoms with van der Waals surface area (Å²) in [5, 5.41) is 21.7. The van der Waals surface area contributed by atoms with Crippen molar-refractivity contribution in [3.63, 3.8) is 0 Å². The fourth-order valence-corrected chi connectivity index (χ4v) is 3.53. The van der Waals surface area contributed by atoms with E-state index in [-0.39, 0.29) is 24.0 Å². The van der Waals surface area contributed by atoms with Crippen LogP contribution < -0.4 is 10.6 Å². The topological polar surface area (TPSA) is 133 Å². The number of urea groups is 1. The lowest BCUT2D eigenvalue weighted by Gasteiger charge is -2.14. The molecule has 0 radical (unpaired) electrons. The van der Waals surface area contributed by atoms with Crippen LogP contribution in [0.4, 0.5) is 4.79 Å². The minimum Gasteiger partial charge on any atom is -0.480 e. The van der Waals surface area contributed by atoms with Crippen molar-refractivity contribution in [1.29, 1.82) is 0 Å². The molecule has 0 aromatic heterocycles. The molecule has 1 saturated heterocycles. The standard InChI is InChI=1S/C9H16N2O6S/c12-4-7(8(13)14)11-9(15)10-3-6-1-2-18(16,17)5-6/h6-7,12H,1-5H2,(H,13,14)(H2,10,11,15)/t6?,7-/m1/s1. The third kappa shape index (κ3) is 4.49. The number of hydrogen-bond donors (Lipinski definition) is 4. The second-order valence-corrected chi connectivity index (χ2v) is 6.43. The molecule has 1 rings (SSSR count). The van der Waals surface area contributed by atoms with Crippen LogP contribution >= 0.6 is 0 Å². The molecule has 0 aromatic carbocycles. The van der Waals surface area contributed by atoms with Gasteiger partial charge in [0.1, 0.15) is 0 Å². The normalized spacial score (nSPS) is 23.3. The number of aliphatic hydroxyl groups is 1. The first-order valence-corrected chi connectivity index (χ1v) is 7.24. The van der Waals surface area contributed by atoms with Gasteiger partial charge in [0.15, 0.2) is 15.9 Å². The van der Waals surface area contributed by atoms with E-state index in [1.165, 1.54) is 0 Å². The van der Waals surface area contributed by atoms with Crippen LogP contribution in [0.15, 0.2) is 0 Å². The SMILES string of the molecule is O=C(NCC1CCS(=O)(=O)C1)N[C@H](CO)C(=O)O. The molecule has 1 fully saturated rings. The number of carbonyl (C=O) groups excluding carboxylic acids is 1. The molecule has 4 N–H and O–H groups in total. The molecular formula is C9H16N2O6S. The van der Waals surface area contributed by atoms with E-state index in [2.05, 4.69) is 10.6 Å². The quantitative estimate of drug-likeness (QED) is 0.468. The molecule has 104 valence electrons. The van der Waals surface area contributed by atoms with Gasteiger partial charge in [0.05, 0.1) is 18.1 Å². The van der Waals surface area contributed by atoms with Gasteiger partial charge in [-0.2, -0.15) is 0 Å². The van der Waals surface area contributed by atoms with Gasteiger partial charge in [0.25, 0.3) is 0 Å². The van der Waals surface area contributed by atoms with E-state index in [1.807, 2.05) is 0 Å². The molecule has 0 spiro atoms. The maximum atomic E-state index is 11.3. The Morgan fingerprint density at radius 3 is 2.50 bits per heavy atom. The molecule has 0 saturated carbocycles. The molecule has 0 aliphatic carbocycles. The van der Waals surface area contributed by atoms with E-state index < -0.39 is 34.5 Å². The highest BCUT2D eigenvalue weighted by Crippen LogP contribution is 2.17. The van der Waals surface area contributed by atoms with Gasteiger partial charge < -0.3 is 20.8 Å².